The summed E-state index contributed by atoms with van der Waals surface area (Å²) in [5.41, 5.74) is 5.36. The van der Waals surface area contributed by atoms with Crippen LogP contribution in [0.5, 0.6) is 0 Å². The number of carbonyl (C=O) groups is 1. The smallest absolute Gasteiger partial charge is 0.228 e. The molecule has 2 aliphatic rings. The number of nitrogens with zero attached hydrogens (tertiary/aromatic N) is 3. The van der Waals surface area contributed by atoms with Crippen molar-refractivity contribution in [3.63, 3.8) is 0 Å². The van der Waals surface area contributed by atoms with Gasteiger partial charge in [0.15, 0.2) is 5.65 Å². The maximum absolute atomic E-state index is 11.7. The van der Waals surface area contributed by atoms with Crippen molar-refractivity contribution < 1.29 is 4.79 Å². The van der Waals surface area contributed by atoms with Crippen LogP contribution in [0.15, 0.2) is 54.4 Å². The fraction of sp³-hybridized carbons (Fsp3) is 0.292. The minimum Gasteiger partial charge on any atom is -0.370 e. The van der Waals surface area contributed by atoms with E-state index >= 15 is 0 Å². The van der Waals surface area contributed by atoms with Gasteiger partial charge in [-0.15, -0.1) is 0 Å². The molecule has 3 heterocycles. The predicted molar refractivity (Wildman–Crippen MR) is 123 cm³/mol. The maximum Gasteiger partial charge on any atom is 0.228 e. The van der Waals surface area contributed by atoms with Gasteiger partial charge in [0.1, 0.15) is 11.6 Å². The van der Waals surface area contributed by atoms with Crippen LogP contribution >= 0.6 is 0 Å². The number of amides is 1. The number of hydrogen-bond donors (Lipinski definition) is 3. The molecular formula is C24H26N6O. The molecule has 7 nitrogen and oxygen atoms in total. The third-order valence-corrected chi connectivity index (χ3v) is 5.73. The number of nitrogens with one attached hydrogen (secondary N) is 3. The molecule has 0 radical (unpaired) electrons. The summed E-state index contributed by atoms with van der Waals surface area (Å²) in [5, 5.41) is 14.3. The van der Waals surface area contributed by atoms with Crippen LogP contribution in [0.1, 0.15) is 37.3 Å². The highest BCUT2D eigenvalue weighted by molar-refractivity contribution is 5.89. The van der Waals surface area contributed by atoms with Gasteiger partial charge in [-0.05, 0) is 54.5 Å². The molecule has 1 saturated heterocycles. The van der Waals surface area contributed by atoms with Crippen molar-refractivity contribution in [2.75, 3.05) is 17.2 Å². The normalized spacial score (nSPS) is 17.4. The van der Waals surface area contributed by atoms with Crippen LogP contribution in [0.25, 0.3) is 11.7 Å². The summed E-state index contributed by atoms with van der Waals surface area (Å²) in [6.45, 7) is 7.01. The Kier molecular flexibility index (Phi) is 4.94. The summed E-state index contributed by atoms with van der Waals surface area (Å²) in [6.07, 6.45) is 7.58. The van der Waals surface area contributed by atoms with Gasteiger partial charge in [0.05, 0.1) is 12.6 Å². The first-order chi connectivity index (χ1) is 15.1. The molecule has 1 saturated carbocycles. The lowest BCUT2D eigenvalue weighted by Crippen LogP contribution is -2.10. The van der Waals surface area contributed by atoms with Gasteiger partial charge in [-0.25, -0.2) is 4.98 Å². The Hall–Kier alpha value is -3.61. The number of fused-ring (bicyclic) bond motifs is 1. The lowest BCUT2D eigenvalue weighted by molar-refractivity contribution is -0.118. The Balaban J connectivity index is 1.54. The van der Waals surface area contributed by atoms with Crippen LogP contribution in [0, 0.1) is 5.92 Å². The third kappa shape index (κ3) is 4.17. The molecule has 2 aromatic heterocycles. The topological polar surface area (TPSA) is 83.4 Å². The van der Waals surface area contributed by atoms with E-state index in [1.807, 2.05) is 22.7 Å². The van der Waals surface area contributed by atoms with Gasteiger partial charge in [-0.3, -0.25) is 4.79 Å². The van der Waals surface area contributed by atoms with E-state index in [9.17, 15) is 4.79 Å². The second kappa shape index (κ2) is 7.91. The van der Waals surface area contributed by atoms with Gasteiger partial charge in [0.2, 0.25) is 5.91 Å². The van der Waals surface area contributed by atoms with Gasteiger partial charge in [-0.1, -0.05) is 25.6 Å². The first-order valence-electron chi connectivity index (χ1n) is 10.8. The van der Waals surface area contributed by atoms with Crippen molar-refractivity contribution in [3.8, 4) is 0 Å². The van der Waals surface area contributed by atoms with Crippen LogP contribution in [-0.2, 0) is 11.2 Å². The van der Waals surface area contributed by atoms with Crippen LogP contribution in [0.3, 0.4) is 0 Å². The summed E-state index contributed by atoms with van der Waals surface area (Å²) in [6, 6.07) is 10.4. The van der Waals surface area contributed by atoms with E-state index < -0.39 is 0 Å². The van der Waals surface area contributed by atoms with Crippen molar-refractivity contribution in [1.29, 1.82) is 0 Å². The molecule has 0 spiro atoms. The van der Waals surface area contributed by atoms with Crippen molar-refractivity contribution in [3.05, 3.63) is 65.5 Å². The molecule has 1 aliphatic heterocycles. The molecule has 31 heavy (non-hydrogen) atoms. The molecule has 0 bridgehead atoms. The van der Waals surface area contributed by atoms with Gasteiger partial charge in [-0.2, -0.15) is 9.61 Å². The summed E-state index contributed by atoms with van der Waals surface area (Å²) in [7, 11) is 0. The van der Waals surface area contributed by atoms with Crippen molar-refractivity contribution >= 4 is 35.0 Å². The van der Waals surface area contributed by atoms with Gasteiger partial charge >= 0.3 is 0 Å². The Morgan fingerprint density at radius 2 is 2.19 bits per heavy atom. The van der Waals surface area contributed by atoms with Gasteiger partial charge in [0.25, 0.3) is 0 Å². The molecule has 0 unspecified atom stereocenters. The zero-order valence-corrected chi connectivity index (χ0v) is 17.6. The maximum atomic E-state index is 11.7. The summed E-state index contributed by atoms with van der Waals surface area (Å²) < 4.78 is 1.83. The Labute approximate surface area is 181 Å². The molecule has 5 rings (SSSR count). The largest absolute Gasteiger partial charge is 0.370 e. The van der Waals surface area contributed by atoms with Crippen molar-refractivity contribution in [2.24, 2.45) is 5.92 Å². The number of carbonyl (C=O) groups excluding carboxylic acids is 1. The van der Waals surface area contributed by atoms with E-state index in [0.29, 0.717) is 12.1 Å². The quantitative estimate of drug-likeness (QED) is 0.538. The van der Waals surface area contributed by atoms with E-state index in [-0.39, 0.29) is 5.91 Å². The second-order valence-electron chi connectivity index (χ2n) is 8.24. The molecule has 1 amide bonds. The van der Waals surface area contributed by atoms with Crippen LogP contribution in [-0.4, -0.2) is 27.0 Å². The fourth-order valence-corrected chi connectivity index (χ4v) is 3.76. The van der Waals surface area contributed by atoms with E-state index in [4.69, 9.17) is 4.98 Å². The lowest BCUT2D eigenvalue weighted by atomic mass is 10.1. The summed E-state index contributed by atoms with van der Waals surface area (Å²) in [5.74, 6) is 2.34. The molecule has 158 valence electrons. The molecule has 1 aromatic carbocycles. The van der Waals surface area contributed by atoms with Crippen LogP contribution in [0.2, 0.25) is 0 Å². The summed E-state index contributed by atoms with van der Waals surface area (Å²) in [4.78, 5) is 16.6. The van der Waals surface area contributed by atoms with Gasteiger partial charge in [0, 0.05) is 29.6 Å². The Morgan fingerprint density at radius 3 is 2.94 bits per heavy atom. The number of hydrogen-bond acceptors (Lipinski definition) is 5. The number of allylic oxidation sites excluding steroid dienone is 1. The molecule has 7 heteroatoms. The number of rotatable bonds is 7. The SMILES string of the molecule is C=C1NC(=O)C/C1=C\c1cnn2c(NCC3CC3)cc(Nc3cccc(CC)c3)nc12. The average Bonchev–Trinajstić information content (AvgIpc) is 3.43. The molecule has 3 N–H and O–H groups in total. The Bertz CT molecular complexity index is 1200. The van der Waals surface area contributed by atoms with Crippen molar-refractivity contribution in [2.45, 2.75) is 32.6 Å². The minimum absolute atomic E-state index is 0.0365. The Morgan fingerprint density at radius 1 is 1.32 bits per heavy atom. The number of aromatic nitrogens is 3. The predicted octanol–water partition coefficient (Wildman–Crippen LogP) is 4.27. The average molecular weight is 415 g/mol. The second-order valence-corrected chi connectivity index (χ2v) is 8.24. The number of anilines is 3. The van der Waals surface area contributed by atoms with Crippen molar-refractivity contribution in [1.82, 2.24) is 19.9 Å². The molecule has 2 fully saturated rings. The molecular weight excluding hydrogens is 388 g/mol. The van der Waals surface area contributed by atoms with E-state index in [1.165, 1.54) is 18.4 Å². The highest BCUT2D eigenvalue weighted by Gasteiger charge is 2.22. The minimum atomic E-state index is -0.0365. The first-order valence-corrected chi connectivity index (χ1v) is 10.8. The number of benzene rings is 1. The van der Waals surface area contributed by atoms with E-state index in [1.54, 1.807) is 6.20 Å². The first kappa shape index (κ1) is 19.4. The molecule has 1 aliphatic carbocycles. The lowest BCUT2D eigenvalue weighted by Gasteiger charge is -2.12. The van der Waals surface area contributed by atoms with E-state index in [2.05, 4.69) is 52.8 Å². The number of aryl methyl sites for hydroxylation is 1. The highest BCUT2D eigenvalue weighted by Crippen LogP contribution is 2.30. The summed E-state index contributed by atoms with van der Waals surface area (Å²) >= 11 is 0. The van der Waals surface area contributed by atoms with Crippen LogP contribution in [0.4, 0.5) is 17.3 Å². The zero-order valence-electron chi connectivity index (χ0n) is 17.6. The third-order valence-electron chi connectivity index (χ3n) is 5.73. The van der Waals surface area contributed by atoms with Gasteiger partial charge < -0.3 is 16.0 Å². The van der Waals surface area contributed by atoms with E-state index in [0.717, 1.165) is 53.0 Å². The molecule has 3 aromatic rings. The molecule has 0 atom stereocenters. The highest BCUT2D eigenvalue weighted by atomic mass is 16.1. The monoisotopic (exact) mass is 414 g/mol. The zero-order chi connectivity index (χ0) is 21.4. The van der Waals surface area contributed by atoms with Crippen LogP contribution < -0.4 is 16.0 Å². The fourth-order valence-electron chi connectivity index (χ4n) is 3.76. The standard InChI is InChI=1S/C24H26N6O/c1-3-16-5-4-6-20(9-16)28-21-12-22(25-13-17-7-8-17)30-24(29-21)19(14-26-30)10-18-11-23(31)27-15(18)2/h4-6,9-10,12,14,17,25H,2-3,7-8,11,13H2,1H3,(H,27,31)(H,28,29)/b18-10+.